The van der Waals surface area contributed by atoms with Crippen molar-refractivity contribution in [3.63, 3.8) is 0 Å². The maximum Gasteiger partial charge on any atom is 0.255 e. The highest BCUT2D eigenvalue weighted by atomic mass is 16.5. The molecule has 0 saturated carbocycles. The quantitative estimate of drug-likeness (QED) is 0.552. The number of nitrogens with one attached hydrogen (secondary N) is 1. The maximum atomic E-state index is 12.7. The largest absolute Gasteiger partial charge is 0.497 e. The monoisotopic (exact) mass is 389 g/mol. The Kier molecular flexibility index (Phi) is 6.63. The highest BCUT2D eigenvalue weighted by Gasteiger charge is 2.20. The van der Waals surface area contributed by atoms with Crippen LogP contribution in [-0.2, 0) is 0 Å². The number of anilines is 1. The van der Waals surface area contributed by atoms with Crippen LogP contribution >= 0.6 is 0 Å². The Balaban J connectivity index is 1.71. The predicted molar refractivity (Wildman–Crippen MR) is 113 cm³/mol. The maximum absolute atomic E-state index is 12.7. The second-order valence-electron chi connectivity index (χ2n) is 6.46. The van der Waals surface area contributed by atoms with Crippen LogP contribution in [0.15, 0.2) is 78.9 Å². The first kappa shape index (κ1) is 20.1. The fourth-order valence-corrected chi connectivity index (χ4v) is 2.89. The van der Waals surface area contributed by atoms with Crippen molar-refractivity contribution in [1.29, 1.82) is 0 Å². The number of Topliss-reactive ketones (excluding diaryl/α,β-unsaturated/α-hetero) is 1. The Morgan fingerprint density at radius 1 is 0.862 bits per heavy atom. The zero-order valence-corrected chi connectivity index (χ0v) is 16.4. The number of methoxy groups -OCH3 is 1. The molecule has 0 aliphatic heterocycles. The molecule has 1 unspecified atom stereocenters. The van der Waals surface area contributed by atoms with Crippen LogP contribution in [-0.4, -0.2) is 24.9 Å². The molecule has 0 aliphatic carbocycles. The van der Waals surface area contributed by atoms with Gasteiger partial charge in [0.2, 0.25) is 5.78 Å². The van der Waals surface area contributed by atoms with Gasteiger partial charge in [-0.3, -0.25) is 9.59 Å². The van der Waals surface area contributed by atoms with Crippen molar-refractivity contribution in [2.45, 2.75) is 19.4 Å². The van der Waals surface area contributed by atoms with Crippen molar-refractivity contribution in [1.82, 2.24) is 0 Å². The van der Waals surface area contributed by atoms with E-state index in [1.807, 2.05) is 25.1 Å². The van der Waals surface area contributed by atoms with Gasteiger partial charge in [-0.05, 0) is 36.8 Å². The number of ether oxygens (including phenoxy) is 2. The van der Waals surface area contributed by atoms with Crippen LogP contribution < -0.4 is 14.8 Å². The summed E-state index contributed by atoms with van der Waals surface area (Å²) < 4.78 is 11.1. The zero-order chi connectivity index (χ0) is 20.6. The minimum Gasteiger partial charge on any atom is -0.497 e. The third-order valence-corrected chi connectivity index (χ3v) is 4.42. The second-order valence-corrected chi connectivity index (χ2v) is 6.46. The molecule has 0 aromatic heterocycles. The van der Waals surface area contributed by atoms with Gasteiger partial charge in [-0.2, -0.15) is 0 Å². The van der Waals surface area contributed by atoms with Gasteiger partial charge < -0.3 is 14.8 Å². The number of benzene rings is 3. The van der Waals surface area contributed by atoms with Gasteiger partial charge >= 0.3 is 0 Å². The summed E-state index contributed by atoms with van der Waals surface area (Å²) in [5.41, 5.74) is 1.68. The SMILES string of the molecule is CCC(Oc1cccc(NC(=O)c2cccc(OC)c2)c1)C(=O)c1ccccc1. The lowest BCUT2D eigenvalue weighted by Gasteiger charge is -2.17. The summed E-state index contributed by atoms with van der Waals surface area (Å²) in [5.74, 6) is 0.803. The van der Waals surface area contributed by atoms with Crippen LogP contribution in [0.4, 0.5) is 5.69 Å². The number of carbonyl (C=O) groups is 2. The van der Waals surface area contributed by atoms with Crippen molar-refractivity contribution in [2.24, 2.45) is 0 Å². The van der Waals surface area contributed by atoms with Gasteiger partial charge in [0.1, 0.15) is 11.5 Å². The minimum absolute atomic E-state index is 0.0704. The first-order chi connectivity index (χ1) is 14.1. The number of rotatable bonds is 8. The highest BCUT2D eigenvalue weighted by Crippen LogP contribution is 2.22. The van der Waals surface area contributed by atoms with E-state index >= 15 is 0 Å². The molecule has 3 aromatic carbocycles. The first-order valence-electron chi connectivity index (χ1n) is 9.42. The summed E-state index contributed by atoms with van der Waals surface area (Å²) in [7, 11) is 1.55. The van der Waals surface area contributed by atoms with E-state index in [1.165, 1.54) is 0 Å². The lowest BCUT2D eigenvalue weighted by atomic mass is 10.0. The van der Waals surface area contributed by atoms with E-state index in [2.05, 4.69) is 5.32 Å². The summed E-state index contributed by atoms with van der Waals surface area (Å²) >= 11 is 0. The molecule has 3 rings (SSSR count). The Morgan fingerprint density at radius 3 is 2.28 bits per heavy atom. The first-order valence-corrected chi connectivity index (χ1v) is 9.42. The normalized spacial score (nSPS) is 11.4. The number of amides is 1. The van der Waals surface area contributed by atoms with Crippen LogP contribution in [0.25, 0.3) is 0 Å². The topological polar surface area (TPSA) is 64.6 Å². The summed E-state index contributed by atoms with van der Waals surface area (Å²) in [4.78, 5) is 25.2. The molecule has 1 amide bonds. The van der Waals surface area contributed by atoms with E-state index in [-0.39, 0.29) is 11.7 Å². The molecule has 1 atom stereocenters. The molecule has 0 spiro atoms. The Hall–Kier alpha value is -3.60. The van der Waals surface area contributed by atoms with Gasteiger partial charge in [0, 0.05) is 22.9 Å². The molecule has 0 radical (unpaired) electrons. The van der Waals surface area contributed by atoms with E-state index in [4.69, 9.17) is 9.47 Å². The lowest BCUT2D eigenvalue weighted by Crippen LogP contribution is -2.26. The minimum atomic E-state index is -0.596. The van der Waals surface area contributed by atoms with Gasteiger partial charge in [-0.25, -0.2) is 0 Å². The Labute approximate surface area is 170 Å². The zero-order valence-electron chi connectivity index (χ0n) is 16.4. The predicted octanol–water partition coefficient (Wildman–Crippen LogP) is 4.99. The molecular weight excluding hydrogens is 366 g/mol. The van der Waals surface area contributed by atoms with Gasteiger partial charge in [0.25, 0.3) is 5.91 Å². The summed E-state index contributed by atoms with van der Waals surface area (Å²) in [5, 5.41) is 2.84. The average molecular weight is 389 g/mol. The van der Waals surface area contributed by atoms with Crippen LogP contribution in [0, 0.1) is 0 Å². The number of hydrogen-bond donors (Lipinski definition) is 1. The van der Waals surface area contributed by atoms with E-state index in [1.54, 1.807) is 67.8 Å². The molecule has 29 heavy (non-hydrogen) atoms. The molecule has 0 aliphatic rings. The number of hydrogen-bond acceptors (Lipinski definition) is 4. The number of ketones is 1. The van der Waals surface area contributed by atoms with Gasteiger partial charge in [-0.1, -0.05) is 49.4 Å². The van der Waals surface area contributed by atoms with E-state index in [0.717, 1.165) is 0 Å². The van der Waals surface area contributed by atoms with E-state index in [9.17, 15) is 9.59 Å². The molecular formula is C24H23NO4. The molecule has 3 aromatic rings. The lowest BCUT2D eigenvalue weighted by molar-refractivity contribution is 0.0786. The van der Waals surface area contributed by atoms with Crippen molar-refractivity contribution in [3.05, 3.63) is 90.0 Å². The van der Waals surface area contributed by atoms with Crippen LogP contribution in [0.3, 0.4) is 0 Å². The Bertz CT molecular complexity index is 985. The van der Waals surface area contributed by atoms with Crippen molar-refractivity contribution in [3.8, 4) is 11.5 Å². The Morgan fingerprint density at radius 2 is 1.55 bits per heavy atom. The summed E-state index contributed by atoms with van der Waals surface area (Å²) in [6.07, 6.45) is -0.0598. The summed E-state index contributed by atoms with van der Waals surface area (Å²) in [6, 6.07) is 23.0. The van der Waals surface area contributed by atoms with Crippen LogP contribution in [0.5, 0.6) is 11.5 Å². The standard InChI is InChI=1S/C24H23NO4/c1-3-22(23(26)17-9-5-4-6-10-17)29-21-14-8-12-19(16-21)25-24(27)18-11-7-13-20(15-18)28-2/h4-16,22H,3H2,1-2H3,(H,25,27). The molecule has 0 heterocycles. The third kappa shape index (κ3) is 5.23. The molecule has 148 valence electrons. The van der Waals surface area contributed by atoms with Crippen molar-refractivity contribution >= 4 is 17.4 Å². The van der Waals surface area contributed by atoms with Crippen LogP contribution in [0.1, 0.15) is 34.1 Å². The molecule has 1 N–H and O–H groups in total. The van der Waals surface area contributed by atoms with E-state index in [0.29, 0.717) is 34.7 Å². The fourth-order valence-electron chi connectivity index (χ4n) is 2.89. The smallest absolute Gasteiger partial charge is 0.255 e. The van der Waals surface area contributed by atoms with Crippen LogP contribution in [0.2, 0.25) is 0 Å². The van der Waals surface area contributed by atoms with Crippen molar-refractivity contribution in [2.75, 3.05) is 12.4 Å². The second kappa shape index (κ2) is 9.55. The third-order valence-electron chi connectivity index (χ3n) is 4.42. The fraction of sp³-hybridized carbons (Fsp3) is 0.167. The van der Waals surface area contributed by atoms with E-state index < -0.39 is 6.10 Å². The van der Waals surface area contributed by atoms with Gasteiger partial charge in [0.15, 0.2) is 6.10 Å². The molecule has 5 heteroatoms. The molecule has 5 nitrogen and oxygen atoms in total. The average Bonchev–Trinajstić information content (AvgIpc) is 2.78. The molecule has 0 saturated heterocycles. The molecule has 0 bridgehead atoms. The highest BCUT2D eigenvalue weighted by molar-refractivity contribution is 6.04. The van der Waals surface area contributed by atoms with Gasteiger partial charge in [-0.15, -0.1) is 0 Å². The van der Waals surface area contributed by atoms with Gasteiger partial charge in [0.05, 0.1) is 7.11 Å². The summed E-state index contributed by atoms with van der Waals surface area (Å²) in [6.45, 7) is 1.90. The van der Waals surface area contributed by atoms with Crippen molar-refractivity contribution < 1.29 is 19.1 Å². The molecule has 0 fully saturated rings. The number of carbonyl (C=O) groups excluding carboxylic acids is 2.